The maximum Gasteiger partial charge on any atom is 0.308 e. The predicted octanol–water partition coefficient (Wildman–Crippen LogP) is 3.89. The highest BCUT2D eigenvalue weighted by atomic mass is 19.1. The number of rotatable bonds is 5. The highest BCUT2D eigenvalue weighted by Crippen LogP contribution is 2.40. The van der Waals surface area contributed by atoms with Gasteiger partial charge in [-0.05, 0) is 54.8 Å². The average molecular weight is 411 g/mol. The molecule has 0 aliphatic carbocycles. The van der Waals surface area contributed by atoms with E-state index in [4.69, 9.17) is 4.74 Å². The van der Waals surface area contributed by atoms with E-state index in [1.54, 1.807) is 31.2 Å². The van der Waals surface area contributed by atoms with Crippen LogP contribution in [0, 0.1) is 12.7 Å². The number of carbonyl (C=O) groups is 3. The van der Waals surface area contributed by atoms with Gasteiger partial charge in [0, 0.05) is 19.0 Å². The van der Waals surface area contributed by atoms with Crippen LogP contribution in [0.2, 0.25) is 0 Å². The number of ketones is 1. The fourth-order valence-electron chi connectivity index (χ4n) is 3.56. The van der Waals surface area contributed by atoms with Crippen molar-refractivity contribution in [2.75, 3.05) is 6.54 Å². The van der Waals surface area contributed by atoms with E-state index in [0.29, 0.717) is 24.1 Å². The zero-order chi connectivity index (χ0) is 22.0. The Bertz CT molecular complexity index is 1060. The molecule has 1 fully saturated rings. The normalized spacial score (nSPS) is 18.0. The van der Waals surface area contributed by atoms with Crippen LogP contribution in [0.25, 0.3) is 5.76 Å². The number of hydrogen-bond acceptors (Lipinski definition) is 5. The predicted molar refractivity (Wildman–Crippen MR) is 108 cm³/mol. The molecule has 1 amide bonds. The summed E-state index contributed by atoms with van der Waals surface area (Å²) in [7, 11) is 0. The number of aliphatic hydroxyl groups excluding tert-OH is 1. The van der Waals surface area contributed by atoms with Gasteiger partial charge < -0.3 is 14.7 Å². The molecule has 0 radical (unpaired) electrons. The molecule has 7 heteroatoms. The maximum atomic E-state index is 13.7. The van der Waals surface area contributed by atoms with E-state index in [9.17, 15) is 23.9 Å². The van der Waals surface area contributed by atoms with Gasteiger partial charge in [-0.2, -0.15) is 0 Å². The summed E-state index contributed by atoms with van der Waals surface area (Å²) in [6.07, 6.45) is 0.600. The molecule has 30 heavy (non-hydrogen) atoms. The smallest absolute Gasteiger partial charge is 0.308 e. The second kappa shape index (κ2) is 8.49. The molecule has 1 heterocycles. The summed E-state index contributed by atoms with van der Waals surface area (Å²) < 4.78 is 18.8. The summed E-state index contributed by atoms with van der Waals surface area (Å²) in [6.45, 7) is 4.98. The number of amides is 1. The van der Waals surface area contributed by atoms with Crippen LogP contribution in [0.5, 0.6) is 5.75 Å². The van der Waals surface area contributed by atoms with Crippen molar-refractivity contribution in [3.8, 4) is 5.75 Å². The van der Waals surface area contributed by atoms with Gasteiger partial charge in [0.1, 0.15) is 17.3 Å². The van der Waals surface area contributed by atoms with Crippen molar-refractivity contribution >= 4 is 23.4 Å². The summed E-state index contributed by atoms with van der Waals surface area (Å²) in [4.78, 5) is 38.2. The van der Waals surface area contributed by atoms with Gasteiger partial charge in [0.2, 0.25) is 0 Å². The number of benzene rings is 2. The number of aryl methyl sites for hydroxylation is 1. The molecule has 2 aromatic rings. The van der Waals surface area contributed by atoms with Crippen molar-refractivity contribution in [3.63, 3.8) is 0 Å². The Labute approximate surface area is 173 Å². The Morgan fingerprint density at radius 1 is 1.20 bits per heavy atom. The summed E-state index contributed by atoms with van der Waals surface area (Å²) >= 11 is 0. The lowest BCUT2D eigenvalue weighted by Crippen LogP contribution is -2.30. The maximum absolute atomic E-state index is 13.7. The van der Waals surface area contributed by atoms with Crippen molar-refractivity contribution in [3.05, 3.63) is 70.5 Å². The van der Waals surface area contributed by atoms with Gasteiger partial charge in [-0.3, -0.25) is 14.4 Å². The van der Waals surface area contributed by atoms with Gasteiger partial charge in [0.15, 0.2) is 0 Å². The van der Waals surface area contributed by atoms with Crippen molar-refractivity contribution in [1.29, 1.82) is 0 Å². The second-order valence-corrected chi connectivity index (χ2v) is 7.12. The number of aliphatic hydroxyl groups is 1. The number of esters is 1. The molecular weight excluding hydrogens is 389 g/mol. The number of halogens is 1. The molecule has 3 rings (SSSR count). The van der Waals surface area contributed by atoms with E-state index in [-0.39, 0.29) is 22.6 Å². The number of Topliss-reactive ketones (excluding diaryl/α,β-unsaturated/α-hetero) is 1. The van der Waals surface area contributed by atoms with E-state index in [2.05, 4.69) is 0 Å². The fourth-order valence-corrected chi connectivity index (χ4v) is 3.56. The number of likely N-dealkylation sites (tertiary alicyclic amines) is 1. The zero-order valence-corrected chi connectivity index (χ0v) is 16.9. The molecule has 0 saturated carbocycles. The molecule has 1 unspecified atom stereocenters. The van der Waals surface area contributed by atoms with Crippen LogP contribution < -0.4 is 4.74 Å². The monoisotopic (exact) mass is 411 g/mol. The molecule has 156 valence electrons. The topological polar surface area (TPSA) is 83.9 Å². The highest BCUT2D eigenvalue weighted by molar-refractivity contribution is 6.46. The van der Waals surface area contributed by atoms with Crippen LogP contribution in [-0.4, -0.2) is 34.2 Å². The van der Waals surface area contributed by atoms with Crippen LogP contribution in [0.1, 0.15) is 43.0 Å². The lowest BCUT2D eigenvalue weighted by Gasteiger charge is -2.25. The first-order valence-corrected chi connectivity index (χ1v) is 9.58. The first kappa shape index (κ1) is 21.2. The molecule has 1 atom stereocenters. The Balaban J connectivity index is 2.18. The number of nitrogens with zero attached hydrogens (tertiary/aromatic N) is 1. The van der Waals surface area contributed by atoms with Gasteiger partial charge >= 0.3 is 5.97 Å². The standard InChI is InChI=1S/C23H22FNO5/c1-4-10-25-20(15-6-5-7-17(12-15)30-14(3)26)19(22(28)23(25)29)21(27)16-8-9-18(24)13(2)11-16/h5-9,11-12,20,27H,4,10H2,1-3H3/b21-19-. The third kappa shape index (κ3) is 3.96. The first-order valence-electron chi connectivity index (χ1n) is 9.58. The van der Waals surface area contributed by atoms with Gasteiger partial charge in [-0.25, -0.2) is 4.39 Å². The SMILES string of the molecule is CCCN1C(=O)C(=O)/C(=C(\O)c2ccc(F)c(C)c2)C1c1cccc(OC(C)=O)c1. The summed E-state index contributed by atoms with van der Waals surface area (Å²) in [6, 6.07) is 9.59. The highest BCUT2D eigenvalue weighted by Gasteiger charge is 2.45. The molecular formula is C23H22FNO5. The van der Waals surface area contributed by atoms with E-state index in [0.717, 1.165) is 0 Å². The van der Waals surface area contributed by atoms with Crippen LogP contribution in [0.15, 0.2) is 48.0 Å². The third-order valence-corrected chi connectivity index (χ3v) is 4.87. The fraction of sp³-hybridized carbons (Fsp3) is 0.261. The minimum atomic E-state index is -0.856. The molecule has 1 aliphatic heterocycles. The van der Waals surface area contributed by atoms with E-state index < -0.39 is 29.5 Å². The number of ether oxygens (including phenoxy) is 1. The molecule has 0 spiro atoms. The third-order valence-electron chi connectivity index (χ3n) is 4.87. The number of hydrogen-bond donors (Lipinski definition) is 1. The van der Waals surface area contributed by atoms with Crippen molar-refractivity contribution in [2.24, 2.45) is 0 Å². The van der Waals surface area contributed by atoms with E-state index in [1.807, 2.05) is 6.92 Å². The number of carbonyl (C=O) groups excluding carboxylic acids is 3. The second-order valence-electron chi connectivity index (χ2n) is 7.12. The first-order chi connectivity index (χ1) is 14.2. The van der Waals surface area contributed by atoms with Crippen molar-refractivity contribution in [2.45, 2.75) is 33.2 Å². The van der Waals surface area contributed by atoms with Gasteiger partial charge in [0.05, 0.1) is 11.6 Å². The van der Waals surface area contributed by atoms with Crippen LogP contribution >= 0.6 is 0 Å². The van der Waals surface area contributed by atoms with Gasteiger partial charge in [0.25, 0.3) is 11.7 Å². The minimum absolute atomic E-state index is 0.0839. The molecule has 1 aliphatic rings. The molecule has 6 nitrogen and oxygen atoms in total. The summed E-state index contributed by atoms with van der Waals surface area (Å²) in [5.41, 5.74) is 0.973. The summed E-state index contributed by atoms with van der Waals surface area (Å²) in [5.74, 6) is -2.59. The lowest BCUT2D eigenvalue weighted by molar-refractivity contribution is -0.139. The van der Waals surface area contributed by atoms with Crippen LogP contribution in [-0.2, 0) is 14.4 Å². The Kier molecular flexibility index (Phi) is 6.01. The molecule has 0 bridgehead atoms. The van der Waals surface area contributed by atoms with Gasteiger partial charge in [-0.1, -0.05) is 19.1 Å². The largest absolute Gasteiger partial charge is 0.507 e. The molecule has 1 saturated heterocycles. The average Bonchev–Trinajstić information content (AvgIpc) is 2.94. The van der Waals surface area contributed by atoms with Crippen LogP contribution in [0.3, 0.4) is 0 Å². The lowest BCUT2D eigenvalue weighted by atomic mass is 9.94. The quantitative estimate of drug-likeness (QED) is 0.265. The summed E-state index contributed by atoms with van der Waals surface area (Å²) in [5, 5.41) is 10.9. The van der Waals surface area contributed by atoms with Crippen molar-refractivity contribution in [1.82, 2.24) is 4.90 Å². The van der Waals surface area contributed by atoms with E-state index in [1.165, 1.54) is 30.0 Å². The Morgan fingerprint density at radius 3 is 2.57 bits per heavy atom. The molecule has 2 aromatic carbocycles. The van der Waals surface area contributed by atoms with Gasteiger partial charge in [-0.15, -0.1) is 0 Å². The molecule has 0 aromatic heterocycles. The zero-order valence-electron chi connectivity index (χ0n) is 16.9. The molecule has 1 N–H and O–H groups in total. The van der Waals surface area contributed by atoms with E-state index >= 15 is 0 Å². The minimum Gasteiger partial charge on any atom is -0.507 e. The Morgan fingerprint density at radius 2 is 1.93 bits per heavy atom. The van der Waals surface area contributed by atoms with Crippen molar-refractivity contribution < 1.29 is 28.6 Å². The Hall–Kier alpha value is -3.48. The van der Waals surface area contributed by atoms with Crippen LogP contribution in [0.4, 0.5) is 4.39 Å².